The molecular weight excluding hydrogens is 167 g/mol. The molecule has 1 heterocycles. The standard InChI is InChI=1S/C9H9BO3/c1-6(11)7-2-3-9-8(4-7)5-13-10(9)12/h2-4,12H,5H2,1H3. The van der Waals surface area contributed by atoms with Gasteiger partial charge in [0.15, 0.2) is 5.78 Å². The molecule has 1 aliphatic heterocycles. The van der Waals surface area contributed by atoms with Crippen molar-refractivity contribution in [3.8, 4) is 0 Å². The van der Waals surface area contributed by atoms with Crippen molar-refractivity contribution in [3.63, 3.8) is 0 Å². The summed E-state index contributed by atoms with van der Waals surface area (Å²) in [6, 6.07) is 5.22. The smallest absolute Gasteiger partial charge is 0.423 e. The van der Waals surface area contributed by atoms with E-state index in [1.807, 2.05) is 0 Å². The summed E-state index contributed by atoms with van der Waals surface area (Å²) >= 11 is 0. The minimum absolute atomic E-state index is 0.0317. The lowest BCUT2D eigenvalue weighted by Gasteiger charge is -1.99. The van der Waals surface area contributed by atoms with Gasteiger partial charge in [-0.05, 0) is 24.0 Å². The van der Waals surface area contributed by atoms with Gasteiger partial charge in [-0.15, -0.1) is 0 Å². The Morgan fingerprint density at radius 2 is 2.38 bits per heavy atom. The summed E-state index contributed by atoms with van der Waals surface area (Å²) in [6.45, 7) is 1.91. The van der Waals surface area contributed by atoms with Gasteiger partial charge < -0.3 is 9.68 Å². The molecular formula is C9H9BO3. The van der Waals surface area contributed by atoms with Crippen LogP contribution in [0.2, 0.25) is 0 Å². The van der Waals surface area contributed by atoms with Crippen molar-refractivity contribution in [2.75, 3.05) is 0 Å². The summed E-state index contributed by atoms with van der Waals surface area (Å²) in [5, 5.41) is 9.30. The highest BCUT2D eigenvalue weighted by molar-refractivity contribution is 6.61. The van der Waals surface area contributed by atoms with Crippen LogP contribution < -0.4 is 5.46 Å². The van der Waals surface area contributed by atoms with Gasteiger partial charge in [0.25, 0.3) is 0 Å². The molecule has 0 aromatic heterocycles. The van der Waals surface area contributed by atoms with Crippen molar-refractivity contribution in [2.45, 2.75) is 13.5 Å². The highest BCUT2D eigenvalue weighted by Crippen LogP contribution is 2.12. The molecule has 0 fully saturated rings. The van der Waals surface area contributed by atoms with E-state index in [2.05, 4.69) is 0 Å². The van der Waals surface area contributed by atoms with Gasteiger partial charge in [-0.25, -0.2) is 0 Å². The molecule has 0 atom stereocenters. The van der Waals surface area contributed by atoms with Crippen LogP contribution in [0.1, 0.15) is 22.8 Å². The third kappa shape index (κ3) is 1.38. The molecule has 13 heavy (non-hydrogen) atoms. The molecule has 3 nitrogen and oxygen atoms in total. The molecule has 0 unspecified atom stereocenters. The van der Waals surface area contributed by atoms with Crippen LogP contribution >= 0.6 is 0 Å². The monoisotopic (exact) mass is 176 g/mol. The molecule has 66 valence electrons. The summed E-state index contributed by atoms with van der Waals surface area (Å²) in [4.78, 5) is 11.0. The van der Waals surface area contributed by atoms with E-state index in [-0.39, 0.29) is 5.78 Å². The summed E-state index contributed by atoms with van der Waals surface area (Å²) in [7, 11) is -0.823. The van der Waals surface area contributed by atoms with Gasteiger partial charge in [0.1, 0.15) is 0 Å². The van der Waals surface area contributed by atoms with Crippen molar-refractivity contribution in [3.05, 3.63) is 29.3 Å². The van der Waals surface area contributed by atoms with Crippen molar-refractivity contribution < 1.29 is 14.5 Å². The fourth-order valence-electron chi connectivity index (χ4n) is 1.45. The van der Waals surface area contributed by atoms with Crippen molar-refractivity contribution in [2.24, 2.45) is 0 Å². The molecule has 0 amide bonds. The van der Waals surface area contributed by atoms with E-state index in [4.69, 9.17) is 4.65 Å². The van der Waals surface area contributed by atoms with E-state index >= 15 is 0 Å². The zero-order valence-electron chi connectivity index (χ0n) is 7.28. The second-order valence-electron chi connectivity index (χ2n) is 3.13. The van der Waals surface area contributed by atoms with E-state index in [0.717, 1.165) is 11.0 Å². The quantitative estimate of drug-likeness (QED) is 0.487. The summed E-state index contributed by atoms with van der Waals surface area (Å²) in [6.07, 6.45) is 0. The number of rotatable bonds is 1. The molecule has 4 heteroatoms. The van der Waals surface area contributed by atoms with Crippen LogP contribution in [0.5, 0.6) is 0 Å². The molecule has 1 aliphatic rings. The predicted octanol–water partition coefficient (Wildman–Crippen LogP) is 0.107. The lowest BCUT2D eigenvalue weighted by atomic mass is 9.79. The van der Waals surface area contributed by atoms with Crippen LogP contribution in [0.4, 0.5) is 0 Å². The highest BCUT2D eigenvalue weighted by Gasteiger charge is 2.27. The van der Waals surface area contributed by atoms with Gasteiger partial charge in [0.05, 0.1) is 6.61 Å². The molecule has 0 saturated heterocycles. The largest absolute Gasteiger partial charge is 0.491 e. The number of fused-ring (bicyclic) bond motifs is 1. The van der Waals surface area contributed by atoms with E-state index < -0.39 is 7.12 Å². The molecule has 0 radical (unpaired) electrons. The molecule has 2 rings (SSSR count). The highest BCUT2D eigenvalue weighted by atomic mass is 16.5. The van der Waals surface area contributed by atoms with Gasteiger partial charge in [-0.2, -0.15) is 0 Å². The maximum absolute atomic E-state index is 11.0. The lowest BCUT2D eigenvalue weighted by Crippen LogP contribution is -2.27. The second-order valence-corrected chi connectivity index (χ2v) is 3.13. The van der Waals surface area contributed by atoms with E-state index in [1.165, 1.54) is 6.92 Å². The summed E-state index contributed by atoms with van der Waals surface area (Å²) in [5.74, 6) is 0.0317. The van der Waals surface area contributed by atoms with Crippen LogP contribution in [-0.2, 0) is 11.3 Å². The number of hydrogen-bond donors (Lipinski definition) is 1. The van der Waals surface area contributed by atoms with Gasteiger partial charge in [-0.3, -0.25) is 4.79 Å². The first-order valence-corrected chi connectivity index (χ1v) is 4.12. The van der Waals surface area contributed by atoms with Crippen LogP contribution in [0.25, 0.3) is 0 Å². The van der Waals surface area contributed by atoms with Gasteiger partial charge in [0, 0.05) is 5.56 Å². The number of benzene rings is 1. The Morgan fingerprint density at radius 1 is 1.62 bits per heavy atom. The zero-order valence-corrected chi connectivity index (χ0v) is 7.28. The number of carbonyl (C=O) groups excluding carboxylic acids is 1. The second kappa shape index (κ2) is 2.98. The van der Waals surface area contributed by atoms with E-state index in [0.29, 0.717) is 12.2 Å². The topological polar surface area (TPSA) is 46.5 Å². The first kappa shape index (κ1) is 8.47. The fraction of sp³-hybridized carbons (Fsp3) is 0.222. The fourth-order valence-corrected chi connectivity index (χ4v) is 1.45. The maximum atomic E-state index is 11.0. The SMILES string of the molecule is CC(=O)c1ccc2c(c1)COB2O. The summed E-state index contributed by atoms with van der Waals surface area (Å²) in [5.41, 5.74) is 2.33. The predicted molar refractivity (Wildman–Crippen MR) is 48.8 cm³/mol. The summed E-state index contributed by atoms with van der Waals surface area (Å²) < 4.78 is 5.00. The molecule has 0 bridgehead atoms. The first-order chi connectivity index (χ1) is 6.18. The molecule has 0 spiro atoms. The average Bonchev–Trinajstić information content (AvgIpc) is 2.47. The third-order valence-electron chi connectivity index (χ3n) is 2.21. The Hall–Kier alpha value is -1.13. The van der Waals surface area contributed by atoms with Gasteiger partial charge in [0.2, 0.25) is 0 Å². The van der Waals surface area contributed by atoms with Crippen molar-refractivity contribution in [1.82, 2.24) is 0 Å². The number of carbonyl (C=O) groups is 1. The van der Waals surface area contributed by atoms with Crippen molar-refractivity contribution in [1.29, 1.82) is 0 Å². The molecule has 0 saturated carbocycles. The van der Waals surface area contributed by atoms with E-state index in [1.54, 1.807) is 18.2 Å². The molecule has 1 N–H and O–H groups in total. The molecule has 1 aromatic rings. The Bertz CT molecular complexity index is 362. The normalized spacial score (nSPS) is 14.5. The number of hydrogen-bond acceptors (Lipinski definition) is 3. The third-order valence-corrected chi connectivity index (χ3v) is 2.21. The van der Waals surface area contributed by atoms with Crippen LogP contribution in [-0.4, -0.2) is 17.9 Å². The number of ketones is 1. The first-order valence-electron chi connectivity index (χ1n) is 4.12. The van der Waals surface area contributed by atoms with Crippen LogP contribution in [0, 0.1) is 0 Å². The molecule has 0 aliphatic carbocycles. The lowest BCUT2D eigenvalue weighted by molar-refractivity contribution is 0.101. The Kier molecular flexibility index (Phi) is 1.94. The number of Topliss-reactive ketones (excluding diaryl/α,β-unsaturated/α-hetero) is 1. The van der Waals surface area contributed by atoms with Gasteiger partial charge >= 0.3 is 7.12 Å². The Labute approximate surface area is 76.5 Å². The van der Waals surface area contributed by atoms with E-state index in [9.17, 15) is 9.82 Å². The van der Waals surface area contributed by atoms with Crippen LogP contribution in [0.15, 0.2) is 18.2 Å². The zero-order chi connectivity index (χ0) is 9.42. The maximum Gasteiger partial charge on any atom is 0.491 e. The van der Waals surface area contributed by atoms with Crippen LogP contribution in [0.3, 0.4) is 0 Å². The van der Waals surface area contributed by atoms with Crippen molar-refractivity contribution >= 4 is 18.4 Å². The molecule has 1 aromatic carbocycles. The Balaban J connectivity index is 2.45. The van der Waals surface area contributed by atoms with Gasteiger partial charge in [-0.1, -0.05) is 12.1 Å². The minimum atomic E-state index is -0.823. The minimum Gasteiger partial charge on any atom is -0.423 e. The Morgan fingerprint density at radius 3 is 3.08 bits per heavy atom. The average molecular weight is 176 g/mol.